The van der Waals surface area contributed by atoms with E-state index >= 15 is 0 Å². The van der Waals surface area contributed by atoms with Crippen LogP contribution in [0.2, 0.25) is 0 Å². The lowest BCUT2D eigenvalue weighted by Crippen LogP contribution is -2.33. The summed E-state index contributed by atoms with van der Waals surface area (Å²) < 4.78 is 0. The van der Waals surface area contributed by atoms with Crippen molar-refractivity contribution in [2.75, 3.05) is 30.8 Å². The molecule has 0 aliphatic carbocycles. The van der Waals surface area contributed by atoms with Gasteiger partial charge in [0, 0.05) is 31.3 Å². The smallest absolute Gasteiger partial charge is 0.243 e. The molecule has 0 aliphatic heterocycles. The van der Waals surface area contributed by atoms with Gasteiger partial charge in [0.1, 0.15) is 6.29 Å². The zero-order valence-electron chi connectivity index (χ0n) is 17.9. The molecule has 166 valence electrons. The SMILES string of the molecule is CNc1cccc(C)c1.O=CCNC(=O)CCCC(=O)NCC(=O)Nc1ccccc1. The van der Waals surface area contributed by atoms with Crippen LogP contribution < -0.4 is 21.3 Å². The van der Waals surface area contributed by atoms with Gasteiger partial charge in [0.05, 0.1) is 13.1 Å². The largest absolute Gasteiger partial charge is 0.388 e. The summed E-state index contributed by atoms with van der Waals surface area (Å²) in [5.74, 6) is -0.892. The van der Waals surface area contributed by atoms with E-state index < -0.39 is 0 Å². The summed E-state index contributed by atoms with van der Waals surface area (Å²) in [5, 5.41) is 10.6. The van der Waals surface area contributed by atoms with Crippen LogP contribution in [0.4, 0.5) is 11.4 Å². The average Bonchev–Trinajstić information content (AvgIpc) is 2.77. The number of amides is 3. The molecule has 0 bridgehead atoms. The Bertz CT molecular complexity index is 840. The first kappa shape index (κ1) is 25.4. The van der Waals surface area contributed by atoms with Gasteiger partial charge in [0.15, 0.2) is 0 Å². The number of para-hydroxylation sites is 1. The average molecular weight is 427 g/mol. The second kappa shape index (κ2) is 15.2. The molecule has 3 amide bonds. The Morgan fingerprint density at radius 1 is 0.839 bits per heavy atom. The molecule has 0 saturated carbocycles. The summed E-state index contributed by atoms with van der Waals surface area (Å²) in [6.07, 6.45) is 1.26. The Balaban J connectivity index is 0.000000442. The molecule has 2 aromatic carbocycles. The molecular formula is C23H30N4O4. The van der Waals surface area contributed by atoms with Crippen LogP contribution in [-0.2, 0) is 19.2 Å². The first-order chi connectivity index (χ1) is 14.9. The van der Waals surface area contributed by atoms with Crippen LogP contribution in [0, 0.1) is 6.92 Å². The maximum absolute atomic E-state index is 11.6. The number of benzene rings is 2. The minimum absolute atomic E-state index is 0.0231. The molecule has 0 saturated heterocycles. The lowest BCUT2D eigenvalue weighted by Gasteiger charge is -2.07. The van der Waals surface area contributed by atoms with E-state index in [9.17, 15) is 19.2 Å². The molecule has 0 spiro atoms. The maximum Gasteiger partial charge on any atom is 0.243 e. The highest BCUT2D eigenvalue weighted by Gasteiger charge is 2.07. The van der Waals surface area contributed by atoms with Crippen LogP contribution in [0.5, 0.6) is 0 Å². The van der Waals surface area contributed by atoms with Gasteiger partial charge in [-0.05, 0) is 43.2 Å². The van der Waals surface area contributed by atoms with Gasteiger partial charge < -0.3 is 26.1 Å². The highest BCUT2D eigenvalue weighted by atomic mass is 16.2. The van der Waals surface area contributed by atoms with Gasteiger partial charge in [0.25, 0.3) is 0 Å². The summed E-state index contributed by atoms with van der Waals surface area (Å²) in [5.41, 5.74) is 3.13. The summed E-state index contributed by atoms with van der Waals surface area (Å²) in [6, 6.07) is 17.2. The molecule has 0 unspecified atom stereocenters. The van der Waals surface area contributed by atoms with Gasteiger partial charge >= 0.3 is 0 Å². The van der Waals surface area contributed by atoms with E-state index in [4.69, 9.17) is 0 Å². The molecule has 0 atom stereocenters. The molecule has 4 N–H and O–H groups in total. The number of anilines is 2. The highest BCUT2D eigenvalue weighted by Crippen LogP contribution is 2.07. The fraction of sp³-hybridized carbons (Fsp3) is 0.304. The maximum atomic E-state index is 11.6. The molecule has 31 heavy (non-hydrogen) atoms. The Morgan fingerprint density at radius 2 is 1.48 bits per heavy atom. The predicted octanol–water partition coefficient (Wildman–Crippen LogP) is 2.26. The first-order valence-electron chi connectivity index (χ1n) is 10.0. The van der Waals surface area contributed by atoms with Crippen LogP contribution in [-0.4, -0.2) is 44.1 Å². The number of aryl methyl sites for hydroxylation is 1. The summed E-state index contributed by atoms with van der Waals surface area (Å²) in [7, 11) is 1.93. The molecule has 0 radical (unpaired) electrons. The molecule has 0 fully saturated rings. The topological polar surface area (TPSA) is 116 Å². The number of aldehydes is 1. The van der Waals surface area contributed by atoms with Crippen molar-refractivity contribution < 1.29 is 19.2 Å². The van der Waals surface area contributed by atoms with E-state index in [1.807, 2.05) is 25.2 Å². The van der Waals surface area contributed by atoms with Crippen molar-refractivity contribution >= 4 is 35.4 Å². The van der Waals surface area contributed by atoms with E-state index in [1.165, 1.54) is 11.3 Å². The lowest BCUT2D eigenvalue weighted by molar-refractivity contribution is -0.125. The van der Waals surface area contributed by atoms with E-state index in [2.05, 4.69) is 40.3 Å². The summed E-state index contributed by atoms with van der Waals surface area (Å²) in [6.45, 7) is 1.94. The van der Waals surface area contributed by atoms with Crippen molar-refractivity contribution in [1.82, 2.24) is 10.6 Å². The van der Waals surface area contributed by atoms with Crippen LogP contribution in [0.15, 0.2) is 54.6 Å². The number of carbonyl (C=O) groups excluding carboxylic acids is 4. The van der Waals surface area contributed by atoms with Crippen molar-refractivity contribution in [3.05, 3.63) is 60.2 Å². The second-order valence-electron chi connectivity index (χ2n) is 6.63. The van der Waals surface area contributed by atoms with Crippen LogP contribution in [0.1, 0.15) is 24.8 Å². The minimum atomic E-state index is -0.316. The molecule has 0 aliphatic rings. The fourth-order valence-electron chi connectivity index (χ4n) is 2.45. The molecule has 0 aromatic heterocycles. The third-order valence-corrected chi connectivity index (χ3v) is 4.00. The standard InChI is InChI=1S/C15H19N3O4.C8H11N/c19-10-9-16-13(20)7-4-8-14(21)17-11-15(22)18-12-5-2-1-3-6-12;1-7-4-3-5-8(6-7)9-2/h1-3,5-6,10H,4,7-9,11H2,(H,16,20)(H,17,21)(H,18,22);3-6,9H,1-2H3. The van der Waals surface area contributed by atoms with Gasteiger partial charge in [0.2, 0.25) is 17.7 Å². The van der Waals surface area contributed by atoms with Gasteiger partial charge in [-0.1, -0.05) is 30.3 Å². The fourth-order valence-corrected chi connectivity index (χ4v) is 2.45. The van der Waals surface area contributed by atoms with Crippen molar-refractivity contribution in [1.29, 1.82) is 0 Å². The van der Waals surface area contributed by atoms with Crippen LogP contribution >= 0.6 is 0 Å². The Hall–Kier alpha value is -3.68. The lowest BCUT2D eigenvalue weighted by atomic mass is 10.2. The number of hydrogen-bond acceptors (Lipinski definition) is 5. The normalized spacial score (nSPS) is 9.48. The third-order valence-electron chi connectivity index (χ3n) is 4.00. The van der Waals surface area contributed by atoms with Gasteiger partial charge in [-0.15, -0.1) is 0 Å². The molecule has 8 nitrogen and oxygen atoms in total. The Labute approximate surface area is 182 Å². The number of nitrogens with one attached hydrogen (secondary N) is 4. The zero-order chi connectivity index (χ0) is 22.9. The zero-order valence-corrected chi connectivity index (χ0v) is 17.9. The van der Waals surface area contributed by atoms with E-state index in [1.54, 1.807) is 24.3 Å². The molecule has 2 aromatic rings. The Morgan fingerprint density at radius 3 is 2.06 bits per heavy atom. The monoisotopic (exact) mass is 426 g/mol. The van der Waals surface area contributed by atoms with Crippen molar-refractivity contribution in [2.24, 2.45) is 0 Å². The van der Waals surface area contributed by atoms with Gasteiger partial charge in [-0.3, -0.25) is 14.4 Å². The number of carbonyl (C=O) groups is 4. The van der Waals surface area contributed by atoms with Crippen LogP contribution in [0.3, 0.4) is 0 Å². The van der Waals surface area contributed by atoms with Crippen LogP contribution in [0.25, 0.3) is 0 Å². The molecule has 8 heteroatoms. The quantitative estimate of drug-likeness (QED) is 0.435. The van der Waals surface area contributed by atoms with Crippen molar-refractivity contribution in [3.8, 4) is 0 Å². The van der Waals surface area contributed by atoms with E-state index in [-0.39, 0.29) is 43.7 Å². The molecular weight excluding hydrogens is 396 g/mol. The summed E-state index contributed by atoms with van der Waals surface area (Å²) >= 11 is 0. The number of rotatable bonds is 10. The first-order valence-corrected chi connectivity index (χ1v) is 10.0. The molecule has 0 heterocycles. The number of hydrogen-bond donors (Lipinski definition) is 4. The Kier molecular flexibility index (Phi) is 12.4. The highest BCUT2D eigenvalue weighted by molar-refractivity contribution is 5.94. The van der Waals surface area contributed by atoms with Crippen molar-refractivity contribution in [2.45, 2.75) is 26.2 Å². The predicted molar refractivity (Wildman–Crippen MR) is 122 cm³/mol. The van der Waals surface area contributed by atoms with E-state index in [0.29, 0.717) is 18.4 Å². The van der Waals surface area contributed by atoms with Gasteiger partial charge in [-0.25, -0.2) is 0 Å². The summed E-state index contributed by atoms with van der Waals surface area (Å²) in [4.78, 5) is 44.4. The molecule has 2 rings (SSSR count). The van der Waals surface area contributed by atoms with Crippen molar-refractivity contribution in [3.63, 3.8) is 0 Å². The van der Waals surface area contributed by atoms with E-state index in [0.717, 1.165) is 0 Å². The minimum Gasteiger partial charge on any atom is -0.388 e. The van der Waals surface area contributed by atoms with Gasteiger partial charge in [-0.2, -0.15) is 0 Å². The third kappa shape index (κ3) is 12.5. The second-order valence-corrected chi connectivity index (χ2v) is 6.63.